The summed E-state index contributed by atoms with van der Waals surface area (Å²) in [4.78, 5) is 18.7. The molecule has 80 valence electrons. The standard InChI is InChI=1S/C9H10ClN3O2/c10-7-5(3-6(14)15)12-9(4-1-2-4)13-8(7)11/h4H,1-3H2,(H,14,15)(H2,11,12,13). The number of hydrogen-bond acceptors (Lipinski definition) is 4. The van der Waals surface area contributed by atoms with Crippen LogP contribution < -0.4 is 5.73 Å². The first kappa shape index (κ1) is 10.2. The van der Waals surface area contributed by atoms with Crippen molar-refractivity contribution in [3.8, 4) is 0 Å². The van der Waals surface area contributed by atoms with E-state index in [4.69, 9.17) is 22.4 Å². The number of rotatable bonds is 3. The maximum absolute atomic E-state index is 10.6. The highest BCUT2D eigenvalue weighted by Gasteiger charge is 2.28. The highest BCUT2D eigenvalue weighted by atomic mass is 35.5. The average molecular weight is 228 g/mol. The first-order chi connectivity index (χ1) is 7.08. The van der Waals surface area contributed by atoms with Crippen molar-refractivity contribution >= 4 is 23.4 Å². The fraction of sp³-hybridized carbons (Fsp3) is 0.444. The third-order valence-corrected chi connectivity index (χ3v) is 2.64. The summed E-state index contributed by atoms with van der Waals surface area (Å²) >= 11 is 5.82. The zero-order valence-electron chi connectivity index (χ0n) is 7.90. The number of nitrogens with zero attached hydrogens (tertiary/aromatic N) is 2. The van der Waals surface area contributed by atoms with E-state index in [1.54, 1.807) is 0 Å². The maximum Gasteiger partial charge on any atom is 0.309 e. The minimum Gasteiger partial charge on any atom is -0.481 e. The first-order valence-electron chi connectivity index (χ1n) is 4.61. The van der Waals surface area contributed by atoms with Gasteiger partial charge in [-0.25, -0.2) is 9.97 Å². The van der Waals surface area contributed by atoms with Gasteiger partial charge in [-0.05, 0) is 12.8 Å². The van der Waals surface area contributed by atoms with E-state index in [1.807, 2.05) is 0 Å². The molecule has 0 atom stereocenters. The summed E-state index contributed by atoms with van der Waals surface area (Å²) in [7, 11) is 0. The van der Waals surface area contributed by atoms with Gasteiger partial charge in [-0.15, -0.1) is 0 Å². The molecule has 0 amide bonds. The Hall–Kier alpha value is -1.36. The van der Waals surface area contributed by atoms with Gasteiger partial charge in [0.25, 0.3) is 0 Å². The Bertz CT molecular complexity index is 418. The van der Waals surface area contributed by atoms with Gasteiger partial charge in [0.15, 0.2) is 0 Å². The van der Waals surface area contributed by atoms with Gasteiger partial charge in [-0.2, -0.15) is 0 Å². The molecule has 2 rings (SSSR count). The van der Waals surface area contributed by atoms with Crippen LogP contribution in [0.3, 0.4) is 0 Å². The summed E-state index contributed by atoms with van der Waals surface area (Å²) in [6.07, 6.45) is 1.85. The Kier molecular flexibility index (Phi) is 2.48. The van der Waals surface area contributed by atoms with Crippen molar-refractivity contribution < 1.29 is 9.90 Å². The molecule has 6 heteroatoms. The van der Waals surface area contributed by atoms with Crippen LogP contribution in [0.2, 0.25) is 5.02 Å². The predicted molar refractivity (Wildman–Crippen MR) is 54.8 cm³/mol. The largest absolute Gasteiger partial charge is 0.481 e. The van der Waals surface area contributed by atoms with E-state index >= 15 is 0 Å². The van der Waals surface area contributed by atoms with Gasteiger partial charge < -0.3 is 10.8 Å². The molecule has 0 unspecified atom stereocenters. The molecule has 1 fully saturated rings. The number of aromatic nitrogens is 2. The Morgan fingerprint density at radius 1 is 1.53 bits per heavy atom. The van der Waals surface area contributed by atoms with E-state index in [-0.39, 0.29) is 17.3 Å². The quantitative estimate of drug-likeness (QED) is 0.810. The minimum atomic E-state index is -0.975. The fourth-order valence-electron chi connectivity index (χ4n) is 1.32. The lowest BCUT2D eigenvalue weighted by molar-refractivity contribution is -0.136. The molecule has 1 saturated carbocycles. The molecule has 3 N–H and O–H groups in total. The number of carboxylic acids is 1. The Balaban J connectivity index is 2.37. The van der Waals surface area contributed by atoms with Crippen LogP contribution in [0.1, 0.15) is 30.3 Å². The van der Waals surface area contributed by atoms with Crippen molar-refractivity contribution in [2.45, 2.75) is 25.2 Å². The Morgan fingerprint density at radius 3 is 2.73 bits per heavy atom. The molecule has 0 spiro atoms. The summed E-state index contributed by atoms with van der Waals surface area (Å²) < 4.78 is 0. The second-order valence-corrected chi connectivity index (χ2v) is 3.95. The zero-order valence-corrected chi connectivity index (χ0v) is 8.66. The molecular weight excluding hydrogens is 218 g/mol. The van der Waals surface area contributed by atoms with E-state index < -0.39 is 5.97 Å². The van der Waals surface area contributed by atoms with Crippen molar-refractivity contribution in [2.24, 2.45) is 0 Å². The van der Waals surface area contributed by atoms with Crippen molar-refractivity contribution in [3.05, 3.63) is 16.5 Å². The number of aliphatic carboxylic acids is 1. The van der Waals surface area contributed by atoms with Crippen molar-refractivity contribution in [2.75, 3.05) is 5.73 Å². The third-order valence-electron chi connectivity index (χ3n) is 2.22. The SMILES string of the molecule is Nc1nc(C2CC2)nc(CC(=O)O)c1Cl. The lowest BCUT2D eigenvalue weighted by Gasteiger charge is -2.06. The molecular formula is C9H10ClN3O2. The van der Waals surface area contributed by atoms with E-state index in [0.29, 0.717) is 17.4 Å². The Morgan fingerprint density at radius 2 is 2.20 bits per heavy atom. The maximum atomic E-state index is 10.6. The second-order valence-electron chi connectivity index (χ2n) is 3.57. The molecule has 0 aliphatic heterocycles. The van der Waals surface area contributed by atoms with Crippen molar-refractivity contribution in [3.63, 3.8) is 0 Å². The predicted octanol–water partition coefficient (Wildman–Crippen LogP) is 1.22. The third kappa shape index (κ3) is 2.18. The highest BCUT2D eigenvalue weighted by Crippen LogP contribution is 2.39. The average Bonchev–Trinajstić information content (AvgIpc) is 2.94. The molecule has 1 aliphatic rings. The second kappa shape index (κ2) is 3.66. The monoisotopic (exact) mass is 227 g/mol. The topological polar surface area (TPSA) is 89.1 Å². The zero-order chi connectivity index (χ0) is 11.0. The van der Waals surface area contributed by atoms with Crippen LogP contribution in [-0.4, -0.2) is 21.0 Å². The summed E-state index contributed by atoms with van der Waals surface area (Å²) in [6.45, 7) is 0. The van der Waals surface area contributed by atoms with Gasteiger partial charge in [0.1, 0.15) is 16.7 Å². The summed E-state index contributed by atoms with van der Waals surface area (Å²) in [5.41, 5.74) is 5.89. The number of carboxylic acid groups (broad SMARTS) is 1. The van der Waals surface area contributed by atoms with E-state index in [0.717, 1.165) is 12.8 Å². The van der Waals surface area contributed by atoms with Crippen LogP contribution in [0.25, 0.3) is 0 Å². The van der Waals surface area contributed by atoms with Crippen LogP contribution in [0.5, 0.6) is 0 Å². The van der Waals surface area contributed by atoms with E-state index in [9.17, 15) is 4.79 Å². The lowest BCUT2D eigenvalue weighted by atomic mass is 10.2. The van der Waals surface area contributed by atoms with Gasteiger partial charge in [-0.3, -0.25) is 4.79 Å². The number of nitrogen functional groups attached to an aromatic ring is 1. The van der Waals surface area contributed by atoms with Gasteiger partial charge in [-0.1, -0.05) is 11.6 Å². The summed E-state index contributed by atoms with van der Waals surface area (Å²) in [5.74, 6) is 0.145. The number of halogens is 1. The van der Waals surface area contributed by atoms with Crippen LogP contribution in [0.15, 0.2) is 0 Å². The van der Waals surface area contributed by atoms with Gasteiger partial charge >= 0.3 is 5.97 Å². The number of carbonyl (C=O) groups is 1. The molecule has 0 aromatic carbocycles. The van der Waals surface area contributed by atoms with Crippen LogP contribution in [-0.2, 0) is 11.2 Å². The molecule has 5 nitrogen and oxygen atoms in total. The van der Waals surface area contributed by atoms with Crippen LogP contribution in [0.4, 0.5) is 5.82 Å². The molecule has 0 saturated heterocycles. The highest BCUT2D eigenvalue weighted by molar-refractivity contribution is 6.33. The number of hydrogen-bond donors (Lipinski definition) is 2. The first-order valence-corrected chi connectivity index (χ1v) is 4.99. The molecule has 0 radical (unpaired) electrons. The minimum absolute atomic E-state index is 0.154. The van der Waals surface area contributed by atoms with Gasteiger partial charge in [0.2, 0.25) is 0 Å². The van der Waals surface area contributed by atoms with Crippen molar-refractivity contribution in [1.82, 2.24) is 9.97 Å². The van der Waals surface area contributed by atoms with Gasteiger partial charge in [0, 0.05) is 5.92 Å². The smallest absolute Gasteiger partial charge is 0.309 e. The molecule has 1 aromatic rings. The fourth-order valence-corrected chi connectivity index (χ4v) is 1.47. The van der Waals surface area contributed by atoms with Gasteiger partial charge in [0.05, 0.1) is 12.1 Å². The molecule has 0 bridgehead atoms. The lowest BCUT2D eigenvalue weighted by Crippen LogP contribution is -2.08. The van der Waals surface area contributed by atoms with E-state index in [1.165, 1.54) is 0 Å². The molecule has 15 heavy (non-hydrogen) atoms. The summed E-state index contributed by atoms with van der Waals surface area (Å²) in [5, 5.41) is 8.82. The van der Waals surface area contributed by atoms with Crippen LogP contribution >= 0.6 is 11.6 Å². The molecule has 1 aliphatic carbocycles. The van der Waals surface area contributed by atoms with E-state index in [2.05, 4.69) is 9.97 Å². The normalized spacial score (nSPS) is 15.3. The molecule has 1 heterocycles. The number of nitrogens with two attached hydrogens (primary N) is 1. The number of anilines is 1. The summed E-state index contributed by atoms with van der Waals surface area (Å²) in [6, 6.07) is 0. The van der Waals surface area contributed by atoms with Crippen molar-refractivity contribution in [1.29, 1.82) is 0 Å². The Labute approximate surface area is 91.3 Å². The molecule has 1 aromatic heterocycles. The van der Waals surface area contributed by atoms with Crippen LogP contribution in [0, 0.1) is 0 Å².